The third-order valence-corrected chi connectivity index (χ3v) is 1.33. The highest BCUT2D eigenvalue weighted by molar-refractivity contribution is 9.11. The average Bonchev–Trinajstić information content (AvgIpc) is 1.98. The molecule has 60 valence electrons. The minimum atomic E-state index is 0.565. The maximum absolute atomic E-state index is 4.85. The summed E-state index contributed by atoms with van der Waals surface area (Å²) in [6, 6.07) is 0. The monoisotopic (exact) mass is 214 g/mol. The first-order valence-electron chi connectivity index (χ1n) is 3.02. The quantitative estimate of drug-likeness (QED) is 0.517. The Morgan fingerprint density at radius 2 is 1.82 bits per heavy atom. The predicted octanol–water partition coefficient (Wildman–Crippen LogP) is 3.17. The van der Waals surface area contributed by atoms with Crippen LogP contribution in [0.2, 0.25) is 0 Å². The first-order chi connectivity index (χ1) is 5.07. The van der Waals surface area contributed by atoms with Crippen molar-refractivity contribution in [1.29, 1.82) is 0 Å². The van der Waals surface area contributed by atoms with Crippen LogP contribution in [0.1, 0.15) is 0 Å². The van der Waals surface area contributed by atoms with Gasteiger partial charge in [-0.2, -0.15) is 0 Å². The van der Waals surface area contributed by atoms with Crippen molar-refractivity contribution >= 4 is 15.9 Å². The van der Waals surface area contributed by atoms with Crippen molar-refractivity contribution in [3.8, 4) is 0 Å². The molecule has 0 aromatic carbocycles. The highest BCUT2D eigenvalue weighted by Gasteiger charge is 1.92. The van der Waals surface area contributed by atoms with Crippen LogP contribution in [0.15, 0.2) is 47.7 Å². The Balaban J connectivity index is 4.08. The molecule has 1 nitrogen and oxygen atoms in total. The number of allylic oxidation sites excluding steroid dienone is 3. The second-order valence-electron chi connectivity index (χ2n) is 1.93. The highest BCUT2D eigenvalue weighted by atomic mass is 79.9. The van der Waals surface area contributed by atoms with E-state index in [1.54, 1.807) is 19.3 Å². The zero-order chi connectivity index (χ0) is 8.85. The van der Waals surface area contributed by atoms with Crippen molar-refractivity contribution in [1.82, 2.24) is 0 Å². The Hall–Kier alpha value is -0.760. The predicted molar refractivity (Wildman–Crippen MR) is 52.5 cm³/mol. The summed E-state index contributed by atoms with van der Waals surface area (Å²) in [5, 5.41) is 0. The summed E-state index contributed by atoms with van der Waals surface area (Å²) in [5.74, 6) is 0.565. The summed E-state index contributed by atoms with van der Waals surface area (Å²) in [4.78, 5) is 0. The van der Waals surface area contributed by atoms with E-state index in [2.05, 4.69) is 35.7 Å². The molecule has 0 bridgehead atoms. The molecule has 0 spiro atoms. The van der Waals surface area contributed by atoms with Crippen molar-refractivity contribution in [2.24, 2.45) is 0 Å². The molecule has 0 amide bonds. The lowest BCUT2D eigenvalue weighted by atomic mass is 10.2. The normalized spacial score (nSPS) is 9.64. The fourth-order valence-electron chi connectivity index (χ4n) is 0.415. The Morgan fingerprint density at radius 3 is 2.18 bits per heavy atom. The van der Waals surface area contributed by atoms with Crippen LogP contribution < -0.4 is 0 Å². The van der Waals surface area contributed by atoms with Gasteiger partial charge in [0.25, 0.3) is 0 Å². The summed E-state index contributed by atoms with van der Waals surface area (Å²) in [7, 11) is 1.56. The Kier molecular flexibility index (Phi) is 4.62. The summed E-state index contributed by atoms with van der Waals surface area (Å²) < 4.78 is 5.65. The molecule has 0 unspecified atom stereocenters. The van der Waals surface area contributed by atoms with Crippen LogP contribution in [0.25, 0.3) is 0 Å². The Bertz CT molecular complexity index is 214. The van der Waals surface area contributed by atoms with Crippen LogP contribution in [-0.4, -0.2) is 7.11 Å². The van der Waals surface area contributed by atoms with Gasteiger partial charge in [-0.25, -0.2) is 0 Å². The number of hydrogen-bond donors (Lipinski definition) is 0. The summed E-state index contributed by atoms with van der Waals surface area (Å²) in [5.41, 5.74) is 0.744. The maximum Gasteiger partial charge on any atom is 0.118 e. The standard InChI is InChI=1S/C9H11BrO/c1-7(9(3)11-4)5-6-8(2)10/h5-6H,1-3H2,4H3/b6-5-. The van der Waals surface area contributed by atoms with Gasteiger partial charge in [0.1, 0.15) is 5.76 Å². The molecule has 0 aliphatic heterocycles. The molecule has 0 N–H and O–H groups in total. The first-order valence-corrected chi connectivity index (χ1v) is 3.82. The molecule has 0 aromatic rings. The lowest BCUT2D eigenvalue weighted by Crippen LogP contribution is -1.84. The van der Waals surface area contributed by atoms with Crippen LogP contribution in [0, 0.1) is 0 Å². The van der Waals surface area contributed by atoms with Crippen molar-refractivity contribution in [2.75, 3.05) is 7.11 Å². The lowest BCUT2D eigenvalue weighted by molar-refractivity contribution is 0.305. The molecule has 0 radical (unpaired) electrons. The van der Waals surface area contributed by atoms with Gasteiger partial charge in [-0.1, -0.05) is 41.7 Å². The van der Waals surface area contributed by atoms with E-state index in [-0.39, 0.29) is 0 Å². The van der Waals surface area contributed by atoms with E-state index >= 15 is 0 Å². The van der Waals surface area contributed by atoms with Crippen LogP contribution in [0.4, 0.5) is 0 Å². The van der Waals surface area contributed by atoms with Gasteiger partial charge in [-0.05, 0) is 6.08 Å². The third kappa shape index (κ3) is 4.62. The highest BCUT2D eigenvalue weighted by Crippen LogP contribution is 2.10. The summed E-state index contributed by atoms with van der Waals surface area (Å²) in [6.45, 7) is 11.0. The topological polar surface area (TPSA) is 9.23 Å². The fraction of sp³-hybridized carbons (Fsp3) is 0.111. The van der Waals surface area contributed by atoms with Gasteiger partial charge in [0.2, 0.25) is 0 Å². The zero-order valence-electron chi connectivity index (χ0n) is 6.56. The van der Waals surface area contributed by atoms with Gasteiger partial charge < -0.3 is 4.74 Å². The molecule has 0 aliphatic carbocycles. The van der Waals surface area contributed by atoms with Gasteiger partial charge in [-0.3, -0.25) is 0 Å². The van der Waals surface area contributed by atoms with E-state index in [0.29, 0.717) is 5.76 Å². The van der Waals surface area contributed by atoms with Crippen molar-refractivity contribution in [2.45, 2.75) is 0 Å². The van der Waals surface area contributed by atoms with Gasteiger partial charge in [0, 0.05) is 10.1 Å². The third-order valence-electron chi connectivity index (χ3n) is 1.07. The van der Waals surface area contributed by atoms with E-state index in [0.717, 1.165) is 10.1 Å². The maximum atomic E-state index is 4.85. The molecular weight excluding hydrogens is 204 g/mol. The molecule has 0 aromatic heterocycles. The number of halogens is 1. The van der Waals surface area contributed by atoms with E-state index in [1.807, 2.05) is 0 Å². The molecule has 0 saturated carbocycles. The van der Waals surface area contributed by atoms with Crippen LogP contribution in [0.5, 0.6) is 0 Å². The Morgan fingerprint density at radius 1 is 1.27 bits per heavy atom. The fourth-order valence-corrected chi connectivity index (χ4v) is 0.547. The largest absolute Gasteiger partial charge is 0.497 e. The lowest BCUT2D eigenvalue weighted by Gasteiger charge is -2.01. The number of rotatable bonds is 4. The average molecular weight is 215 g/mol. The second kappa shape index (κ2) is 4.97. The van der Waals surface area contributed by atoms with E-state index < -0.39 is 0 Å². The van der Waals surface area contributed by atoms with E-state index in [1.165, 1.54) is 0 Å². The second-order valence-corrected chi connectivity index (χ2v) is 2.95. The number of methoxy groups -OCH3 is 1. The zero-order valence-corrected chi connectivity index (χ0v) is 8.15. The Labute approximate surface area is 75.9 Å². The van der Waals surface area contributed by atoms with Crippen LogP contribution >= 0.6 is 15.9 Å². The van der Waals surface area contributed by atoms with Crippen molar-refractivity contribution in [3.05, 3.63) is 47.7 Å². The van der Waals surface area contributed by atoms with Crippen molar-refractivity contribution < 1.29 is 4.74 Å². The van der Waals surface area contributed by atoms with Gasteiger partial charge in [-0.15, -0.1) is 0 Å². The van der Waals surface area contributed by atoms with Crippen LogP contribution in [-0.2, 0) is 4.74 Å². The van der Waals surface area contributed by atoms with Gasteiger partial charge in [0.05, 0.1) is 7.11 Å². The minimum Gasteiger partial charge on any atom is -0.497 e. The van der Waals surface area contributed by atoms with E-state index in [4.69, 9.17) is 4.74 Å². The summed E-state index contributed by atoms with van der Waals surface area (Å²) in [6.07, 6.45) is 3.56. The van der Waals surface area contributed by atoms with Crippen molar-refractivity contribution in [3.63, 3.8) is 0 Å². The summed E-state index contributed by atoms with van der Waals surface area (Å²) >= 11 is 3.18. The smallest absolute Gasteiger partial charge is 0.118 e. The van der Waals surface area contributed by atoms with Crippen LogP contribution in [0.3, 0.4) is 0 Å². The number of hydrogen-bond acceptors (Lipinski definition) is 1. The number of ether oxygens (including phenoxy) is 1. The molecular formula is C9H11BrO. The molecule has 11 heavy (non-hydrogen) atoms. The molecule has 0 aliphatic rings. The van der Waals surface area contributed by atoms with Gasteiger partial charge in [0.15, 0.2) is 0 Å². The molecule has 0 rings (SSSR count). The van der Waals surface area contributed by atoms with Gasteiger partial charge >= 0.3 is 0 Å². The minimum absolute atomic E-state index is 0.565. The first kappa shape index (κ1) is 10.2. The molecule has 2 heteroatoms. The molecule has 0 saturated heterocycles. The SMILES string of the molecule is C=C(Br)/C=C\C(=C)C(=C)OC. The van der Waals surface area contributed by atoms with E-state index in [9.17, 15) is 0 Å². The molecule has 0 heterocycles. The molecule has 0 fully saturated rings. The molecule has 0 atom stereocenters.